The molecular formula is C27H56NO6P. The van der Waals surface area contributed by atoms with Gasteiger partial charge >= 0.3 is 7.82 Å². The largest absolute Gasteiger partial charge is 0.472 e. The van der Waals surface area contributed by atoms with E-state index in [4.69, 9.17) is 18.5 Å². The van der Waals surface area contributed by atoms with E-state index in [1.807, 2.05) is 19.0 Å². The van der Waals surface area contributed by atoms with Crippen molar-refractivity contribution in [1.82, 2.24) is 4.90 Å². The molecule has 0 aliphatic heterocycles. The number of nitrogens with zero attached hydrogens (tertiary/aromatic N) is 1. The Balaban J connectivity index is 3.77. The number of methoxy groups -OCH3 is 1. The fourth-order valence-electron chi connectivity index (χ4n) is 3.65. The maximum absolute atomic E-state index is 11.9. The Hall–Kier alpha value is -0.270. The smallest absolute Gasteiger partial charge is 0.379 e. The van der Waals surface area contributed by atoms with E-state index in [0.717, 1.165) is 31.1 Å². The van der Waals surface area contributed by atoms with Gasteiger partial charge in [0.25, 0.3) is 0 Å². The van der Waals surface area contributed by atoms with Crippen LogP contribution in [-0.2, 0) is 23.1 Å². The third kappa shape index (κ3) is 23.9. The van der Waals surface area contributed by atoms with Crippen molar-refractivity contribution in [2.45, 2.75) is 91.6 Å². The molecule has 4 unspecified atom stereocenters. The van der Waals surface area contributed by atoms with Crippen LogP contribution in [0, 0.1) is 17.8 Å². The van der Waals surface area contributed by atoms with Gasteiger partial charge in [0.1, 0.15) is 6.10 Å². The summed E-state index contributed by atoms with van der Waals surface area (Å²) in [5.41, 5.74) is 0. The molecule has 0 saturated heterocycles. The molecule has 0 amide bonds. The maximum Gasteiger partial charge on any atom is 0.472 e. The number of unbranched alkanes of at least 4 members (excludes halogenated alkanes) is 2. The summed E-state index contributed by atoms with van der Waals surface area (Å²) in [6, 6.07) is 0. The van der Waals surface area contributed by atoms with E-state index < -0.39 is 13.9 Å². The van der Waals surface area contributed by atoms with Gasteiger partial charge in [0.15, 0.2) is 0 Å². The Morgan fingerprint density at radius 2 is 1.57 bits per heavy atom. The van der Waals surface area contributed by atoms with E-state index in [2.05, 4.69) is 39.8 Å². The average molecular weight is 522 g/mol. The first-order valence-electron chi connectivity index (χ1n) is 13.6. The topological polar surface area (TPSA) is 77.5 Å². The number of likely N-dealkylation sites (N-methyl/N-ethyl adjacent to an activating group) is 1. The second-order valence-electron chi connectivity index (χ2n) is 10.6. The predicted octanol–water partition coefficient (Wildman–Crippen LogP) is 6.71. The van der Waals surface area contributed by atoms with Crippen molar-refractivity contribution in [2.24, 2.45) is 17.8 Å². The van der Waals surface area contributed by atoms with Crippen molar-refractivity contribution in [1.29, 1.82) is 0 Å². The van der Waals surface area contributed by atoms with Crippen LogP contribution >= 0.6 is 7.82 Å². The first kappa shape index (κ1) is 34.7. The minimum atomic E-state index is -4.07. The second-order valence-corrected chi connectivity index (χ2v) is 12.0. The van der Waals surface area contributed by atoms with Crippen LogP contribution in [0.25, 0.3) is 0 Å². The zero-order valence-electron chi connectivity index (χ0n) is 23.7. The summed E-state index contributed by atoms with van der Waals surface area (Å²) in [5.74, 6) is 2.32. The second kappa shape index (κ2) is 21.8. The van der Waals surface area contributed by atoms with Crippen molar-refractivity contribution in [3.8, 4) is 0 Å². The highest BCUT2D eigenvalue weighted by molar-refractivity contribution is 7.47. The van der Waals surface area contributed by atoms with Crippen LogP contribution in [0.1, 0.15) is 85.5 Å². The third-order valence-electron chi connectivity index (χ3n) is 6.06. The zero-order chi connectivity index (χ0) is 26.5. The van der Waals surface area contributed by atoms with E-state index >= 15 is 0 Å². The summed E-state index contributed by atoms with van der Waals surface area (Å²) < 4.78 is 32.8. The van der Waals surface area contributed by atoms with Crippen molar-refractivity contribution in [2.75, 3.05) is 54.2 Å². The van der Waals surface area contributed by atoms with Crippen LogP contribution in [0.2, 0.25) is 0 Å². The van der Waals surface area contributed by atoms with Gasteiger partial charge in [-0.3, -0.25) is 9.05 Å². The summed E-state index contributed by atoms with van der Waals surface area (Å²) in [6.07, 6.45) is 15.4. The molecule has 0 aromatic rings. The normalized spacial score (nSPS) is 16.7. The third-order valence-corrected chi connectivity index (χ3v) is 7.05. The molecule has 0 heterocycles. The molecule has 1 N–H and O–H groups in total. The van der Waals surface area contributed by atoms with Gasteiger partial charge < -0.3 is 19.3 Å². The van der Waals surface area contributed by atoms with Crippen molar-refractivity contribution in [3.05, 3.63) is 12.2 Å². The molecule has 8 heteroatoms. The molecule has 0 spiro atoms. The van der Waals surface area contributed by atoms with Crippen molar-refractivity contribution in [3.63, 3.8) is 0 Å². The van der Waals surface area contributed by atoms with Gasteiger partial charge in [-0.25, -0.2) is 4.57 Å². The molecule has 7 nitrogen and oxygen atoms in total. The summed E-state index contributed by atoms with van der Waals surface area (Å²) in [4.78, 5) is 11.6. The molecule has 0 bridgehead atoms. The maximum atomic E-state index is 11.9. The number of rotatable bonds is 24. The van der Waals surface area contributed by atoms with Gasteiger partial charge in [-0.05, 0) is 57.5 Å². The average Bonchev–Trinajstić information content (AvgIpc) is 2.76. The highest BCUT2D eigenvalue weighted by atomic mass is 31.2. The van der Waals surface area contributed by atoms with Crippen LogP contribution in [0.5, 0.6) is 0 Å². The van der Waals surface area contributed by atoms with Gasteiger partial charge in [0.2, 0.25) is 0 Å². The lowest BCUT2D eigenvalue weighted by Gasteiger charge is -2.18. The minimum Gasteiger partial charge on any atom is -0.379 e. The molecule has 0 aliphatic carbocycles. The Bertz CT molecular complexity index is 558. The number of phosphoric ester groups is 1. The minimum absolute atomic E-state index is 0.0520. The molecule has 0 fully saturated rings. The quantitative estimate of drug-likeness (QED) is 0.0859. The van der Waals surface area contributed by atoms with Gasteiger partial charge in [-0.2, -0.15) is 0 Å². The molecule has 0 radical (unpaired) electrons. The first-order valence-corrected chi connectivity index (χ1v) is 15.1. The Kier molecular flexibility index (Phi) is 21.6. The summed E-state index contributed by atoms with van der Waals surface area (Å²) >= 11 is 0. The van der Waals surface area contributed by atoms with E-state index in [9.17, 15) is 9.46 Å². The Labute approximate surface area is 216 Å². The molecule has 0 aliphatic rings. The van der Waals surface area contributed by atoms with Crippen LogP contribution in [0.4, 0.5) is 0 Å². The number of phosphoric acid groups is 1. The summed E-state index contributed by atoms with van der Waals surface area (Å²) in [6.45, 7) is 10.9. The SMILES string of the molecule is COC(COCCCC/C=C/C(C)CCCC(C)CCCC(C)C)COP(=O)(O)OCCN(C)C. The van der Waals surface area contributed by atoms with E-state index in [1.165, 1.54) is 45.6 Å². The first-order chi connectivity index (χ1) is 16.6. The lowest BCUT2D eigenvalue weighted by Crippen LogP contribution is -2.24. The molecule has 35 heavy (non-hydrogen) atoms. The van der Waals surface area contributed by atoms with Crippen molar-refractivity contribution < 1.29 is 28.0 Å². The number of hydrogen-bond donors (Lipinski definition) is 1. The summed E-state index contributed by atoms with van der Waals surface area (Å²) in [7, 11) is 1.18. The monoisotopic (exact) mass is 521 g/mol. The molecular weight excluding hydrogens is 465 g/mol. The summed E-state index contributed by atoms with van der Waals surface area (Å²) in [5, 5.41) is 0. The van der Waals surface area contributed by atoms with E-state index in [0.29, 0.717) is 25.7 Å². The van der Waals surface area contributed by atoms with Crippen LogP contribution in [0.15, 0.2) is 12.2 Å². The Morgan fingerprint density at radius 3 is 2.20 bits per heavy atom. The van der Waals surface area contributed by atoms with Gasteiger partial charge in [-0.1, -0.05) is 72.0 Å². The number of hydrogen-bond acceptors (Lipinski definition) is 6. The van der Waals surface area contributed by atoms with E-state index in [-0.39, 0.29) is 13.2 Å². The highest BCUT2D eigenvalue weighted by Gasteiger charge is 2.23. The molecule has 210 valence electrons. The fourth-order valence-corrected chi connectivity index (χ4v) is 4.39. The molecule has 0 aromatic carbocycles. The highest BCUT2D eigenvalue weighted by Crippen LogP contribution is 2.43. The van der Waals surface area contributed by atoms with Gasteiger partial charge in [0, 0.05) is 20.3 Å². The molecule has 0 aromatic heterocycles. The van der Waals surface area contributed by atoms with Crippen LogP contribution < -0.4 is 0 Å². The standard InChI is InChI=1S/C27H56NO6P/c1-24(2)14-12-16-26(4)18-13-17-25(3)15-10-8-9-11-20-32-22-27(31-7)23-34-35(29,30)33-21-19-28(5)6/h10,15,24-27H,8-9,11-14,16-23H2,1-7H3,(H,29,30)/b15-10+. The van der Waals surface area contributed by atoms with Crippen molar-refractivity contribution >= 4 is 7.82 Å². The lowest BCUT2D eigenvalue weighted by molar-refractivity contribution is -0.0221. The van der Waals surface area contributed by atoms with Gasteiger partial charge in [-0.15, -0.1) is 0 Å². The molecule has 0 rings (SSSR count). The molecule has 4 atom stereocenters. The molecule has 0 saturated carbocycles. The van der Waals surface area contributed by atoms with Crippen LogP contribution in [-0.4, -0.2) is 70.1 Å². The van der Waals surface area contributed by atoms with E-state index in [1.54, 1.807) is 0 Å². The lowest BCUT2D eigenvalue weighted by atomic mass is 9.93. The van der Waals surface area contributed by atoms with Crippen LogP contribution in [0.3, 0.4) is 0 Å². The number of ether oxygens (including phenoxy) is 2. The zero-order valence-corrected chi connectivity index (χ0v) is 24.6. The van der Waals surface area contributed by atoms with Gasteiger partial charge in [0.05, 0.1) is 19.8 Å². The fraction of sp³-hybridized carbons (Fsp3) is 0.926. The Morgan fingerprint density at radius 1 is 0.886 bits per heavy atom. The predicted molar refractivity (Wildman–Crippen MR) is 146 cm³/mol. The number of allylic oxidation sites excluding steroid dienone is 2.